The summed E-state index contributed by atoms with van der Waals surface area (Å²) < 4.78 is 8.24. The molecule has 1 amide bonds. The van der Waals surface area contributed by atoms with Crippen LogP contribution in [0.5, 0.6) is 0 Å². The summed E-state index contributed by atoms with van der Waals surface area (Å²) in [4.78, 5) is 28.1. The van der Waals surface area contributed by atoms with Crippen LogP contribution in [0, 0.1) is 0 Å². The summed E-state index contributed by atoms with van der Waals surface area (Å²) in [5.41, 5.74) is 14.5. The van der Waals surface area contributed by atoms with Crippen molar-refractivity contribution < 1.29 is 23.7 Å². The van der Waals surface area contributed by atoms with Gasteiger partial charge in [0.05, 0.1) is 23.0 Å². The molecule has 0 bridgehead atoms. The lowest BCUT2D eigenvalue weighted by atomic mass is 10.1. The average Bonchev–Trinajstić information content (AvgIpc) is 3.20. The van der Waals surface area contributed by atoms with Gasteiger partial charge in [0.25, 0.3) is 5.52 Å². The summed E-state index contributed by atoms with van der Waals surface area (Å²) in [5, 5.41) is 17.1. The third-order valence-corrected chi connectivity index (χ3v) is 5.67. The molecule has 10 nitrogen and oxygen atoms in total. The third-order valence-electron chi connectivity index (χ3n) is 5.67. The van der Waals surface area contributed by atoms with Crippen LogP contribution < -0.4 is 26.7 Å². The Morgan fingerprint density at radius 1 is 1.12 bits per heavy atom. The van der Waals surface area contributed by atoms with Gasteiger partial charge in [-0.3, -0.25) is 9.79 Å². The van der Waals surface area contributed by atoms with Crippen molar-refractivity contribution in [1.29, 1.82) is 0 Å². The number of hydrogen-bond acceptors (Lipinski definition) is 5. The summed E-state index contributed by atoms with van der Waals surface area (Å²) in [6, 6.07) is 14.5. The number of carboxylic acid groups (broad SMARTS) is 1. The molecule has 10 heteroatoms. The van der Waals surface area contributed by atoms with Crippen molar-refractivity contribution in [2.75, 3.05) is 18.4 Å². The number of aliphatic imine (C=N–C) groups is 1. The molecule has 0 spiro atoms. The first-order valence-corrected chi connectivity index (χ1v) is 10.9. The molecule has 0 aliphatic heterocycles. The molecule has 0 saturated heterocycles. The number of para-hydroxylation sites is 2. The van der Waals surface area contributed by atoms with Crippen LogP contribution in [-0.4, -0.2) is 42.1 Å². The molecule has 0 fully saturated rings. The molecule has 2 aromatic heterocycles. The number of nitrogens with one attached hydrogen (secondary N) is 2. The van der Waals surface area contributed by atoms with Gasteiger partial charge in [-0.15, -0.1) is 0 Å². The predicted octanol–water partition coefficient (Wildman–Crippen LogP) is 1.60. The summed E-state index contributed by atoms with van der Waals surface area (Å²) in [6.45, 7) is 0.166. The number of hydrogen-bond donors (Lipinski definition) is 5. The molecule has 0 aliphatic rings. The van der Waals surface area contributed by atoms with Crippen molar-refractivity contribution in [2.45, 2.75) is 18.9 Å². The molecular weight excluding hydrogens is 436 g/mol. The molecule has 0 radical (unpaired) electrons. The summed E-state index contributed by atoms with van der Waals surface area (Å²) in [7, 11) is 1.98. The van der Waals surface area contributed by atoms with E-state index in [1.807, 2.05) is 55.6 Å². The fourth-order valence-corrected chi connectivity index (χ4v) is 4.11. The summed E-state index contributed by atoms with van der Waals surface area (Å²) in [5.74, 6) is -1.62. The zero-order valence-electron chi connectivity index (χ0n) is 18.7. The van der Waals surface area contributed by atoms with Crippen LogP contribution in [0.2, 0.25) is 0 Å². The minimum Gasteiger partial charge on any atom is -0.480 e. The normalized spacial score (nSPS) is 12.0. The Bertz CT molecular complexity index is 1410. The number of aromatic nitrogens is 1. The van der Waals surface area contributed by atoms with E-state index in [0.29, 0.717) is 17.7 Å². The number of guanidine groups is 1. The number of carboxylic acids is 1. The van der Waals surface area contributed by atoms with Gasteiger partial charge in [-0.25, -0.2) is 4.79 Å². The molecule has 34 heavy (non-hydrogen) atoms. The van der Waals surface area contributed by atoms with Crippen molar-refractivity contribution in [3.8, 4) is 0 Å². The van der Waals surface area contributed by atoms with Gasteiger partial charge >= 0.3 is 5.97 Å². The standard InChI is InChI=1S/C24H26N6O4/c1-30-17-10-4-2-7-14(17)20(22-21(30)15-8-3-5-11-18(15)34-22)28-13-19(31)29-16(23(32)33)9-6-12-27-24(25)26/h2-5,7-8,10-11,16H,6,9,12-13H2,1H3,(H6,25,26,27,29,31,32,33)/p+1. The smallest absolute Gasteiger partial charge is 0.326 e. The Morgan fingerprint density at radius 2 is 1.82 bits per heavy atom. The summed E-state index contributed by atoms with van der Waals surface area (Å²) in [6.07, 6.45) is 0.623. The van der Waals surface area contributed by atoms with Crippen LogP contribution in [0.4, 0.5) is 5.69 Å². The zero-order chi connectivity index (χ0) is 24.2. The molecule has 7 N–H and O–H groups in total. The molecular formula is C24H27N6O4+. The van der Waals surface area contributed by atoms with Gasteiger partial charge in [-0.1, -0.05) is 24.3 Å². The fraction of sp³-hybridized carbons (Fsp3) is 0.250. The second-order valence-corrected chi connectivity index (χ2v) is 7.99. The first-order chi connectivity index (χ1) is 16.4. The second-order valence-electron chi connectivity index (χ2n) is 7.99. The number of aliphatic carboxylic acids is 1. The van der Waals surface area contributed by atoms with Crippen molar-refractivity contribution in [2.24, 2.45) is 23.5 Å². The monoisotopic (exact) mass is 463 g/mol. The Hall–Kier alpha value is -4.34. The van der Waals surface area contributed by atoms with Crippen LogP contribution in [0.15, 0.2) is 57.9 Å². The van der Waals surface area contributed by atoms with Gasteiger partial charge in [0.2, 0.25) is 17.0 Å². The number of carbonyl (C=O) groups excluding carboxylic acids is 1. The first kappa shape index (κ1) is 22.8. The van der Waals surface area contributed by atoms with Gasteiger partial charge in [0, 0.05) is 12.6 Å². The fourth-order valence-electron chi connectivity index (χ4n) is 4.11. The quantitative estimate of drug-likeness (QED) is 0.109. The lowest BCUT2D eigenvalue weighted by Gasteiger charge is -2.15. The number of rotatable bonds is 9. The molecule has 4 rings (SSSR count). The highest BCUT2D eigenvalue weighted by molar-refractivity contribution is 6.11. The lowest BCUT2D eigenvalue weighted by molar-refractivity contribution is -0.616. The molecule has 2 heterocycles. The number of pyridine rings is 1. The van der Waals surface area contributed by atoms with Crippen molar-refractivity contribution in [3.63, 3.8) is 0 Å². The van der Waals surface area contributed by atoms with Gasteiger partial charge < -0.3 is 31.6 Å². The number of nitrogens with zero attached hydrogens (tertiary/aromatic N) is 2. The highest BCUT2D eigenvalue weighted by atomic mass is 16.4. The van der Waals surface area contributed by atoms with Crippen LogP contribution in [-0.2, 0) is 16.6 Å². The number of carbonyl (C=O) groups is 2. The van der Waals surface area contributed by atoms with E-state index in [4.69, 9.17) is 15.9 Å². The SMILES string of the molecule is C[n+]1c2ccccc2c(NCC(=O)NC(CCCN=C(N)N)C(=O)O)c2oc3ccccc3c21. The number of nitrogens with two attached hydrogens (primary N) is 2. The molecule has 176 valence electrons. The zero-order valence-corrected chi connectivity index (χ0v) is 18.7. The first-order valence-electron chi connectivity index (χ1n) is 10.9. The molecule has 0 saturated carbocycles. The van der Waals surface area contributed by atoms with Gasteiger partial charge in [0.1, 0.15) is 18.7 Å². The Morgan fingerprint density at radius 3 is 2.56 bits per heavy atom. The Balaban J connectivity index is 1.59. The number of anilines is 1. The van der Waals surface area contributed by atoms with E-state index in [9.17, 15) is 14.7 Å². The number of furan rings is 1. The minimum atomic E-state index is -1.12. The Kier molecular flexibility index (Phi) is 6.48. The van der Waals surface area contributed by atoms with E-state index in [1.165, 1.54) is 0 Å². The minimum absolute atomic E-state index is 0.0551. The lowest BCUT2D eigenvalue weighted by Crippen LogP contribution is -2.43. The maximum absolute atomic E-state index is 12.6. The maximum Gasteiger partial charge on any atom is 0.326 e. The van der Waals surface area contributed by atoms with E-state index >= 15 is 0 Å². The van der Waals surface area contributed by atoms with E-state index in [1.54, 1.807) is 0 Å². The largest absolute Gasteiger partial charge is 0.480 e. The van der Waals surface area contributed by atoms with Crippen LogP contribution >= 0.6 is 0 Å². The third kappa shape index (κ3) is 4.56. The van der Waals surface area contributed by atoms with E-state index in [0.717, 1.165) is 27.4 Å². The van der Waals surface area contributed by atoms with E-state index < -0.39 is 17.9 Å². The van der Waals surface area contributed by atoms with Crippen molar-refractivity contribution >= 4 is 56.5 Å². The number of benzene rings is 2. The van der Waals surface area contributed by atoms with Crippen molar-refractivity contribution in [1.82, 2.24) is 5.32 Å². The highest BCUT2D eigenvalue weighted by Crippen LogP contribution is 2.35. The van der Waals surface area contributed by atoms with Gasteiger partial charge in [0.15, 0.2) is 5.96 Å². The maximum atomic E-state index is 12.6. The van der Waals surface area contributed by atoms with Crippen molar-refractivity contribution in [3.05, 3.63) is 48.5 Å². The van der Waals surface area contributed by atoms with E-state index in [2.05, 4.69) is 20.2 Å². The van der Waals surface area contributed by atoms with Crippen LogP contribution in [0.1, 0.15) is 12.8 Å². The van der Waals surface area contributed by atoms with Gasteiger partial charge in [-0.05, 0) is 31.0 Å². The topological polar surface area (TPSA) is 160 Å². The molecule has 1 unspecified atom stereocenters. The summed E-state index contributed by atoms with van der Waals surface area (Å²) >= 11 is 0. The Labute approximate surface area is 195 Å². The second kappa shape index (κ2) is 9.65. The highest BCUT2D eigenvalue weighted by Gasteiger charge is 2.25. The van der Waals surface area contributed by atoms with Crippen LogP contribution in [0.3, 0.4) is 0 Å². The molecule has 2 aromatic carbocycles. The molecule has 4 aromatic rings. The van der Waals surface area contributed by atoms with Crippen LogP contribution in [0.25, 0.3) is 33.0 Å². The predicted molar refractivity (Wildman–Crippen MR) is 130 cm³/mol. The average molecular weight is 464 g/mol. The van der Waals surface area contributed by atoms with Gasteiger partial charge in [-0.2, -0.15) is 4.57 Å². The molecule has 0 aliphatic carbocycles. The van der Waals surface area contributed by atoms with E-state index in [-0.39, 0.29) is 25.5 Å². The molecule has 1 atom stereocenters. The number of amides is 1. The number of fused-ring (bicyclic) bond motifs is 4. The number of aryl methyl sites for hydroxylation is 1.